The normalized spacial score (nSPS) is 12.7. The fraction of sp³-hybridized carbons (Fsp3) is 0.444. The average molecular weight is 233 g/mol. The van der Waals surface area contributed by atoms with Gasteiger partial charge in [-0.05, 0) is 25.8 Å². The first-order valence-electron chi connectivity index (χ1n) is 3.62. The van der Waals surface area contributed by atoms with Gasteiger partial charge in [-0.25, -0.2) is 4.79 Å². The third kappa shape index (κ3) is 7.54. The number of carbonyl (C=O) groups excluding carboxylic acids is 1. The number of rotatable bonds is 2. The molecule has 3 heteroatoms. The van der Waals surface area contributed by atoms with Crippen molar-refractivity contribution in [3.63, 3.8) is 0 Å². The number of esters is 1. The minimum Gasteiger partial charge on any atom is -0.457 e. The second-order valence-corrected chi connectivity index (χ2v) is 3.74. The van der Waals surface area contributed by atoms with Crippen LogP contribution in [-0.2, 0) is 9.53 Å². The summed E-state index contributed by atoms with van der Waals surface area (Å²) in [7, 11) is 0. The number of ether oxygens (including phenoxy) is 1. The van der Waals surface area contributed by atoms with E-state index in [1.165, 1.54) is 6.08 Å². The highest BCUT2D eigenvalue weighted by atomic mass is 79.9. The second-order valence-electron chi connectivity index (χ2n) is 3.21. The van der Waals surface area contributed by atoms with Gasteiger partial charge in [0.2, 0.25) is 0 Å². The Morgan fingerprint density at radius 2 is 1.92 bits per heavy atom. The lowest BCUT2D eigenvalue weighted by atomic mass is 10.2. The maximum absolute atomic E-state index is 11.0. The summed E-state index contributed by atoms with van der Waals surface area (Å²) in [5, 5.41) is 0. The van der Waals surface area contributed by atoms with Crippen LogP contribution in [0.2, 0.25) is 0 Å². The predicted molar refractivity (Wildman–Crippen MR) is 53.1 cm³/mol. The molecule has 0 aliphatic rings. The summed E-state index contributed by atoms with van der Waals surface area (Å²) in [6, 6.07) is 0. The molecule has 0 N–H and O–H groups in total. The van der Waals surface area contributed by atoms with Crippen molar-refractivity contribution >= 4 is 21.9 Å². The highest BCUT2D eigenvalue weighted by Gasteiger charge is 2.13. The van der Waals surface area contributed by atoms with Crippen molar-refractivity contribution in [3.8, 4) is 0 Å². The molecule has 0 aliphatic heterocycles. The molecular weight excluding hydrogens is 220 g/mol. The Balaban J connectivity index is 3.91. The van der Waals surface area contributed by atoms with Gasteiger partial charge in [-0.2, -0.15) is 0 Å². The molecule has 0 aromatic heterocycles. The summed E-state index contributed by atoms with van der Waals surface area (Å²) in [6.45, 7) is 5.50. The first-order valence-corrected chi connectivity index (χ1v) is 4.53. The highest BCUT2D eigenvalue weighted by Crippen LogP contribution is 2.06. The summed E-state index contributed by atoms with van der Waals surface area (Å²) in [4.78, 5) is 12.6. The van der Waals surface area contributed by atoms with E-state index in [1.54, 1.807) is 17.1 Å². The topological polar surface area (TPSA) is 26.3 Å². The van der Waals surface area contributed by atoms with Crippen molar-refractivity contribution in [1.29, 1.82) is 0 Å². The molecule has 0 spiro atoms. The summed E-state index contributed by atoms with van der Waals surface area (Å²) in [5.74, 6) is -0.326. The van der Waals surface area contributed by atoms with Crippen LogP contribution >= 0.6 is 15.9 Å². The van der Waals surface area contributed by atoms with E-state index >= 15 is 0 Å². The SMILES string of the molecule is CC(C)(C)OC(=O)/C=C/C=C/Br. The number of carbonyl (C=O) groups is 1. The lowest BCUT2D eigenvalue weighted by Gasteiger charge is -2.17. The molecule has 2 nitrogen and oxygen atoms in total. The molecular formula is C9H13BrO2. The number of halogens is 1. The molecule has 0 saturated heterocycles. The van der Waals surface area contributed by atoms with Crippen molar-refractivity contribution in [2.24, 2.45) is 0 Å². The van der Waals surface area contributed by atoms with Gasteiger partial charge >= 0.3 is 5.97 Å². The maximum Gasteiger partial charge on any atom is 0.331 e. The van der Waals surface area contributed by atoms with Crippen molar-refractivity contribution < 1.29 is 9.53 Å². The van der Waals surface area contributed by atoms with E-state index in [0.29, 0.717) is 0 Å². The van der Waals surface area contributed by atoms with E-state index in [-0.39, 0.29) is 5.97 Å². The van der Waals surface area contributed by atoms with Gasteiger partial charge in [0.05, 0.1) is 0 Å². The number of hydrogen-bond donors (Lipinski definition) is 0. The van der Waals surface area contributed by atoms with Crippen LogP contribution < -0.4 is 0 Å². The predicted octanol–water partition coefficient (Wildman–Crippen LogP) is 2.79. The third-order valence-electron chi connectivity index (χ3n) is 0.823. The quantitative estimate of drug-likeness (QED) is 0.416. The van der Waals surface area contributed by atoms with E-state index in [2.05, 4.69) is 15.9 Å². The Morgan fingerprint density at radius 1 is 1.33 bits per heavy atom. The lowest BCUT2D eigenvalue weighted by Crippen LogP contribution is -2.22. The van der Waals surface area contributed by atoms with Gasteiger partial charge in [0, 0.05) is 6.08 Å². The Bertz CT molecular complexity index is 199. The van der Waals surface area contributed by atoms with Crippen LogP contribution in [0.4, 0.5) is 0 Å². The molecule has 0 heterocycles. The minimum atomic E-state index is -0.417. The molecule has 0 atom stereocenters. The van der Waals surface area contributed by atoms with Crippen LogP contribution in [0.25, 0.3) is 0 Å². The Kier molecular flexibility index (Phi) is 4.90. The first-order chi connectivity index (χ1) is 5.45. The molecule has 68 valence electrons. The molecule has 0 rings (SSSR count). The molecule has 0 amide bonds. The van der Waals surface area contributed by atoms with Crippen molar-refractivity contribution in [1.82, 2.24) is 0 Å². The molecule has 0 aliphatic carbocycles. The van der Waals surface area contributed by atoms with Crippen LogP contribution in [0.5, 0.6) is 0 Å². The fourth-order valence-corrected chi connectivity index (χ4v) is 0.688. The minimum absolute atomic E-state index is 0.326. The second kappa shape index (κ2) is 5.14. The summed E-state index contributed by atoms with van der Waals surface area (Å²) in [5.41, 5.74) is -0.417. The fourth-order valence-electron chi connectivity index (χ4n) is 0.512. The first kappa shape index (κ1) is 11.4. The largest absolute Gasteiger partial charge is 0.457 e. The van der Waals surface area contributed by atoms with E-state index < -0.39 is 5.60 Å². The number of allylic oxidation sites excluding steroid dienone is 2. The Hall–Kier alpha value is -0.570. The third-order valence-corrected chi connectivity index (χ3v) is 1.13. The molecule has 12 heavy (non-hydrogen) atoms. The van der Waals surface area contributed by atoms with Crippen LogP contribution in [0.1, 0.15) is 20.8 Å². The van der Waals surface area contributed by atoms with Crippen LogP contribution in [-0.4, -0.2) is 11.6 Å². The van der Waals surface area contributed by atoms with Gasteiger partial charge in [0.25, 0.3) is 0 Å². The standard InChI is InChI=1S/C9H13BrO2/c1-9(2,3)12-8(11)6-4-5-7-10/h4-7H,1-3H3/b6-4+,7-5+. The van der Waals surface area contributed by atoms with Gasteiger partial charge in [0.15, 0.2) is 0 Å². The average Bonchev–Trinajstić information content (AvgIpc) is 1.84. The van der Waals surface area contributed by atoms with Crippen molar-refractivity contribution in [3.05, 3.63) is 23.2 Å². The van der Waals surface area contributed by atoms with Crippen LogP contribution in [0, 0.1) is 0 Å². The van der Waals surface area contributed by atoms with E-state index in [9.17, 15) is 4.79 Å². The zero-order valence-corrected chi connectivity index (χ0v) is 9.09. The molecule has 0 bridgehead atoms. The Labute approximate surface area is 81.4 Å². The van der Waals surface area contributed by atoms with Gasteiger partial charge in [-0.15, -0.1) is 0 Å². The number of hydrogen-bond acceptors (Lipinski definition) is 2. The summed E-state index contributed by atoms with van der Waals surface area (Å²) < 4.78 is 5.01. The van der Waals surface area contributed by atoms with Crippen molar-refractivity contribution in [2.45, 2.75) is 26.4 Å². The molecule has 0 saturated carbocycles. The van der Waals surface area contributed by atoms with Crippen molar-refractivity contribution in [2.75, 3.05) is 0 Å². The molecule has 0 aromatic rings. The molecule has 0 aromatic carbocycles. The molecule has 0 unspecified atom stereocenters. The molecule has 0 fully saturated rings. The lowest BCUT2D eigenvalue weighted by molar-refractivity contribution is -0.148. The van der Waals surface area contributed by atoms with Gasteiger partial charge in [-0.1, -0.05) is 28.1 Å². The van der Waals surface area contributed by atoms with E-state index in [4.69, 9.17) is 4.74 Å². The van der Waals surface area contributed by atoms with E-state index in [0.717, 1.165) is 0 Å². The van der Waals surface area contributed by atoms with Crippen LogP contribution in [0.15, 0.2) is 23.2 Å². The highest BCUT2D eigenvalue weighted by molar-refractivity contribution is 9.11. The smallest absolute Gasteiger partial charge is 0.331 e. The zero-order chi connectivity index (χ0) is 9.61. The molecule has 0 radical (unpaired) electrons. The van der Waals surface area contributed by atoms with Gasteiger partial charge < -0.3 is 4.74 Å². The Morgan fingerprint density at radius 3 is 2.33 bits per heavy atom. The van der Waals surface area contributed by atoms with Crippen LogP contribution in [0.3, 0.4) is 0 Å². The summed E-state index contributed by atoms with van der Waals surface area (Å²) >= 11 is 3.08. The maximum atomic E-state index is 11.0. The summed E-state index contributed by atoms with van der Waals surface area (Å²) in [6.07, 6.45) is 4.69. The van der Waals surface area contributed by atoms with E-state index in [1.807, 2.05) is 20.8 Å². The van der Waals surface area contributed by atoms with Gasteiger partial charge in [-0.3, -0.25) is 0 Å². The zero-order valence-electron chi connectivity index (χ0n) is 7.50. The monoisotopic (exact) mass is 232 g/mol. The van der Waals surface area contributed by atoms with Gasteiger partial charge in [0.1, 0.15) is 5.60 Å².